The van der Waals surface area contributed by atoms with Gasteiger partial charge in [-0.25, -0.2) is 0 Å². The number of thioether (sulfide) groups is 1. The molecule has 0 aromatic rings. The van der Waals surface area contributed by atoms with Crippen molar-refractivity contribution < 1.29 is 5.21 Å². The third-order valence-electron chi connectivity index (χ3n) is 3.15. The van der Waals surface area contributed by atoms with Gasteiger partial charge in [0.05, 0.1) is 6.54 Å². The van der Waals surface area contributed by atoms with E-state index < -0.39 is 0 Å². The second-order valence-electron chi connectivity index (χ2n) is 4.34. The monoisotopic (exact) mass is 229 g/mol. The van der Waals surface area contributed by atoms with Crippen molar-refractivity contribution in [2.24, 2.45) is 10.9 Å². The summed E-state index contributed by atoms with van der Waals surface area (Å²) in [5, 5.41) is 11.7. The lowest BCUT2D eigenvalue weighted by Gasteiger charge is -2.33. The first-order valence-corrected chi connectivity index (χ1v) is 6.76. The molecule has 15 heavy (non-hydrogen) atoms. The quantitative estimate of drug-likeness (QED) is 0.328. The molecule has 1 saturated carbocycles. The van der Waals surface area contributed by atoms with Crippen LogP contribution in [-0.2, 0) is 0 Å². The lowest BCUT2D eigenvalue weighted by molar-refractivity contribution is 0.198. The van der Waals surface area contributed by atoms with Crippen LogP contribution >= 0.6 is 11.8 Å². The van der Waals surface area contributed by atoms with Gasteiger partial charge in [0.2, 0.25) is 0 Å². The lowest BCUT2D eigenvalue weighted by atomic mass is 10.1. The van der Waals surface area contributed by atoms with E-state index in [1.165, 1.54) is 37.2 Å². The average Bonchev–Trinajstić information content (AvgIpc) is 3.10. The highest BCUT2D eigenvalue weighted by Crippen LogP contribution is 2.32. The summed E-state index contributed by atoms with van der Waals surface area (Å²) in [6.45, 7) is 0.635. The third-order valence-corrected chi connectivity index (χ3v) is 4.20. The number of hydrogen-bond donors (Lipinski definition) is 2. The minimum atomic E-state index is 0.347. The van der Waals surface area contributed by atoms with Crippen LogP contribution in [0.15, 0.2) is 5.16 Å². The normalized spacial score (nSPS) is 24.7. The zero-order chi connectivity index (χ0) is 10.7. The minimum Gasteiger partial charge on any atom is -0.409 e. The summed E-state index contributed by atoms with van der Waals surface area (Å²) in [5.41, 5.74) is 5.60. The molecule has 2 rings (SSSR count). The molecule has 2 aliphatic rings. The predicted octanol–water partition coefficient (Wildman–Crippen LogP) is 1.09. The fraction of sp³-hybridized carbons (Fsp3) is 0.900. The van der Waals surface area contributed by atoms with E-state index in [0.29, 0.717) is 24.5 Å². The summed E-state index contributed by atoms with van der Waals surface area (Å²) < 4.78 is 0. The van der Waals surface area contributed by atoms with Gasteiger partial charge in [-0.15, -0.1) is 0 Å². The fourth-order valence-electron chi connectivity index (χ4n) is 2.20. The molecule has 0 spiro atoms. The molecule has 4 nitrogen and oxygen atoms in total. The molecule has 1 aliphatic heterocycles. The molecule has 0 atom stereocenters. The van der Waals surface area contributed by atoms with Gasteiger partial charge < -0.3 is 10.9 Å². The van der Waals surface area contributed by atoms with Crippen LogP contribution in [0.4, 0.5) is 0 Å². The van der Waals surface area contributed by atoms with Crippen LogP contribution in [0.3, 0.4) is 0 Å². The zero-order valence-corrected chi connectivity index (χ0v) is 9.75. The molecule has 0 aromatic carbocycles. The summed E-state index contributed by atoms with van der Waals surface area (Å²) in [6, 6.07) is 1.34. The van der Waals surface area contributed by atoms with Crippen LogP contribution in [0.5, 0.6) is 0 Å². The van der Waals surface area contributed by atoms with E-state index in [9.17, 15) is 0 Å². The van der Waals surface area contributed by atoms with Crippen LogP contribution < -0.4 is 5.73 Å². The molecule has 0 radical (unpaired) electrons. The van der Waals surface area contributed by atoms with Gasteiger partial charge in [-0.05, 0) is 37.2 Å². The molecule has 0 aromatic heterocycles. The predicted molar refractivity (Wildman–Crippen MR) is 63.5 cm³/mol. The van der Waals surface area contributed by atoms with Crippen LogP contribution in [-0.4, -0.2) is 46.1 Å². The van der Waals surface area contributed by atoms with Gasteiger partial charge in [-0.2, -0.15) is 11.8 Å². The molecule has 0 bridgehead atoms. The third kappa shape index (κ3) is 3.01. The van der Waals surface area contributed by atoms with E-state index in [0.717, 1.165) is 0 Å². The van der Waals surface area contributed by atoms with Gasteiger partial charge in [-0.3, -0.25) is 4.90 Å². The Morgan fingerprint density at radius 1 is 1.27 bits per heavy atom. The smallest absolute Gasteiger partial charge is 0.153 e. The number of rotatable bonds is 4. The van der Waals surface area contributed by atoms with Crippen molar-refractivity contribution in [3.63, 3.8) is 0 Å². The number of nitrogens with zero attached hydrogens (tertiary/aromatic N) is 2. The Kier molecular flexibility index (Phi) is 3.75. The maximum atomic E-state index is 8.62. The highest BCUT2D eigenvalue weighted by Gasteiger charge is 2.34. The molecule has 0 unspecified atom stereocenters. The second-order valence-corrected chi connectivity index (χ2v) is 5.56. The van der Waals surface area contributed by atoms with Crippen molar-refractivity contribution in [2.45, 2.75) is 37.8 Å². The van der Waals surface area contributed by atoms with Crippen LogP contribution in [0, 0.1) is 0 Å². The van der Waals surface area contributed by atoms with Crippen molar-refractivity contribution in [1.82, 2.24) is 4.90 Å². The Balaban J connectivity index is 1.92. The molecular formula is C10H19N3OS. The highest BCUT2D eigenvalue weighted by molar-refractivity contribution is 7.99. The number of amidine groups is 1. The summed E-state index contributed by atoms with van der Waals surface area (Å²) in [7, 11) is 0. The van der Waals surface area contributed by atoms with Crippen molar-refractivity contribution in [2.75, 3.05) is 18.1 Å². The standard InChI is InChI=1S/C10H19N3OS/c11-10(12-14)7-13(8-1-2-8)9-3-5-15-6-4-9/h8-9,14H,1-7H2,(H2,11,12). The Morgan fingerprint density at radius 2 is 1.87 bits per heavy atom. The minimum absolute atomic E-state index is 0.347. The molecule has 1 saturated heterocycles. The van der Waals surface area contributed by atoms with E-state index in [1.54, 1.807) is 0 Å². The van der Waals surface area contributed by atoms with Crippen molar-refractivity contribution in [3.05, 3.63) is 0 Å². The van der Waals surface area contributed by atoms with Gasteiger partial charge in [0.25, 0.3) is 0 Å². The highest BCUT2D eigenvalue weighted by atomic mass is 32.2. The maximum absolute atomic E-state index is 8.62. The molecule has 2 fully saturated rings. The summed E-state index contributed by atoms with van der Waals surface area (Å²) >= 11 is 2.04. The van der Waals surface area contributed by atoms with E-state index in [-0.39, 0.29) is 0 Å². The maximum Gasteiger partial charge on any atom is 0.153 e. The van der Waals surface area contributed by atoms with Crippen molar-refractivity contribution >= 4 is 17.6 Å². The molecular weight excluding hydrogens is 210 g/mol. The molecule has 1 heterocycles. The largest absolute Gasteiger partial charge is 0.409 e. The lowest BCUT2D eigenvalue weighted by Crippen LogP contribution is -2.44. The van der Waals surface area contributed by atoms with Crippen molar-refractivity contribution in [3.8, 4) is 0 Å². The van der Waals surface area contributed by atoms with Gasteiger partial charge in [0.1, 0.15) is 0 Å². The van der Waals surface area contributed by atoms with Gasteiger partial charge in [-0.1, -0.05) is 5.16 Å². The summed E-state index contributed by atoms with van der Waals surface area (Å²) in [4.78, 5) is 2.44. The Labute approximate surface area is 94.9 Å². The molecule has 5 heteroatoms. The van der Waals surface area contributed by atoms with Crippen LogP contribution in [0.25, 0.3) is 0 Å². The van der Waals surface area contributed by atoms with Crippen molar-refractivity contribution in [1.29, 1.82) is 0 Å². The van der Waals surface area contributed by atoms with Gasteiger partial charge in [0, 0.05) is 12.1 Å². The Bertz CT molecular complexity index is 237. The Morgan fingerprint density at radius 3 is 2.40 bits per heavy atom. The Hall–Kier alpha value is -0.420. The molecule has 3 N–H and O–H groups in total. The van der Waals surface area contributed by atoms with E-state index >= 15 is 0 Å². The number of hydrogen-bond acceptors (Lipinski definition) is 4. The summed E-state index contributed by atoms with van der Waals surface area (Å²) in [5.74, 6) is 2.86. The first-order valence-electron chi connectivity index (χ1n) is 5.61. The van der Waals surface area contributed by atoms with E-state index in [4.69, 9.17) is 10.9 Å². The molecule has 0 amide bonds. The first-order chi connectivity index (χ1) is 7.31. The SMILES string of the molecule is N/C(CN(C1CCSCC1)C1CC1)=N\O. The van der Waals surface area contributed by atoms with Crippen LogP contribution in [0.2, 0.25) is 0 Å². The second kappa shape index (κ2) is 5.07. The summed E-state index contributed by atoms with van der Waals surface area (Å²) in [6.07, 6.45) is 5.06. The number of oxime groups is 1. The topological polar surface area (TPSA) is 61.8 Å². The van der Waals surface area contributed by atoms with E-state index in [1.807, 2.05) is 11.8 Å². The zero-order valence-electron chi connectivity index (χ0n) is 8.93. The average molecular weight is 229 g/mol. The van der Waals surface area contributed by atoms with Gasteiger partial charge >= 0.3 is 0 Å². The van der Waals surface area contributed by atoms with Gasteiger partial charge in [0.15, 0.2) is 5.84 Å². The molecule has 86 valence electrons. The fourth-order valence-corrected chi connectivity index (χ4v) is 3.28. The number of nitrogens with two attached hydrogens (primary N) is 1. The van der Waals surface area contributed by atoms with E-state index in [2.05, 4.69) is 10.1 Å². The van der Waals surface area contributed by atoms with Crippen LogP contribution in [0.1, 0.15) is 25.7 Å². The first kappa shape index (κ1) is 11.1. The molecule has 1 aliphatic carbocycles.